The number of Topliss-reactive ketones (excluding diaryl/α,β-unsaturated/α-hetero) is 1. The molecule has 2 heterocycles. The summed E-state index contributed by atoms with van der Waals surface area (Å²) in [6, 6.07) is 14.0. The number of hydrogen-bond acceptors (Lipinski definition) is 6. The molecule has 0 bridgehead atoms. The monoisotopic (exact) mass is 567 g/mol. The number of nitrogens with zero attached hydrogens (tertiary/aromatic N) is 1. The highest BCUT2D eigenvalue weighted by molar-refractivity contribution is 9.10. The van der Waals surface area contributed by atoms with E-state index in [-0.39, 0.29) is 17.1 Å². The van der Waals surface area contributed by atoms with Gasteiger partial charge in [0.1, 0.15) is 0 Å². The minimum Gasteiger partial charge on any atom is -0.362 e. The van der Waals surface area contributed by atoms with Crippen LogP contribution in [0.1, 0.15) is 45.1 Å². The maximum atomic E-state index is 13.7. The van der Waals surface area contributed by atoms with E-state index in [1.165, 1.54) is 11.3 Å². The van der Waals surface area contributed by atoms with Gasteiger partial charge in [0, 0.05) is 44.2 Å². The lowest BCUT2D eigenvalue weighted by Gasteiger charge is -2.39. The summed E-state index contributed by atoms with van der Waals surface area (Å²) < 4.78 is 1.95. The fraction of sp³-hybridized carbons (Fsp3) is 0.296. The summed E-state index contributed by atoms with van der Waals surface area (Å²) in [6.45, 7) is 6.15. The van der Waals surface area contributed by atoms with Gasteiger partial charge in [-0.1, -0.05) is 53.2 Å². The number of halogens is 1. The van der Waals surface area contributed by atoms with Gasteiger partial charge in [-0.25, -0.2) is 4.98 Å². The number of thioether (sulfide) groups is 1. The number of rotatable bonds is 4. The summed E-state index contributed by atoms with van der Waals surface area (Å²) in [5.74, 6) is -0.559. The number of allylic oxidation sites excluding steroid dienone is 3. The molecule has 0 radical (unpaired) electrons. The van der Waals surface area contributed by atoms with Gasteiger partial charge >= 0.3 is 0 Å². The molecule has 0 spiro atoms. The van der Waals surface area contributed by atoms with E-state index in [1.54, 1.807) is 11.8 Å². The molecule has 180 valence electrons. The molecule has 2 aromatic carbocycles. The largest absolute Gasteiger partial charge is 0.362 e. The van der Waals surface area contributed by atoms with Crippen molar-refractivity contribution in [2.75, 3.05) is 11.6 Å². The molecular weight excluding hydrogens is 542 g/mol. The minimum atomic E-state index is -0.422. The smallest absolute Gasteiger partial charge is 0.256 e. The van der Waals surface area contributed by atoms with Gasteiger partial charge < -0.3 is 5.32 Å². The summed E-state index contributed by atoms with van der Waals surface area (Å²) in [6.07, 6.45) is 3.27. The maximum absolute atomic E-state index is 13.7. The Labute approximate surface area is 221 Å². The van der Waals surface area contributed by atoms with Gasteiger partial charge in [0.15, 0.2) is 10.9 Å². The number of ketones is 1. The first kappa shape index (κ1) is 24.3. The Bertz CT molecular complexity index is 1420. The Morgan fingerprint density at radius 2 is 1.94 bits per heavy atom. The Hall–Kier alpha value is -2.42. The lowest BCUT2D eigenvalue weighted by molar-refractivity contribution is -0.118. The average molecular weight is 569 g/mol. The highest BCUT2D eigenvalue weighted by Crippen LogP contribution is 2.47. The van der Waals surface area contributed by atoms with Crippen molar-refractivity contribution in [1.29, 1.82) is 0 Å². The van der Waals surface area contributed by atoms with E-state index in [0.29, 0.717) is 22.7 Å². The van der Waals surface area contributed by atoms with Gasteiger partial charge in [0.05, 0.1) is 10.2 Å². The number of dihydropyridines is 1. The zero-order valence-corrected chi connectivity index (χ0v) is 23.2. The topological polar surface area (TPSA) is 71.1 Å². The number of carbonyl (C=O) groups excluding carboxylic acids is 2. The molecule has 8 heteroatoms. The van der Waals surface area contributed by atoms with E-state index < -0.39 is 5.92 Å². The van der Waals surface area contributed by atoms with Crippen molar-refractivity contribution in [3.05, 3.63) is 75.0 Å². The first-order valence-corrected chi connectivity index (χ1v) is 14.2. The van der Waals surface area contributed by atoms with Crippen molar-refractivity contribution < 1.29 is 9.59 Å². The number of anilines is 1. The molecule has 1 aliphatic carbocycles. The Morgan fingerprint density at radius 3 is 2.66 bits per heavy atom. The molecule has 1 amide bonds. The molecule has 1 aliphatic heterocycles. The Kier molecular flexibility index (Phi) is 6.40. The van der Waals surface area contributed by atoms with E-state index >= 15 is 0 Å². The van der Waals surface area contributed by atoms with Crippen LogP contribution >= 0.6 is 39.0 Å². The summed E-state index contributed by atoms with van der Waals surface area (Å²) in [5, 5.41) is 6.98. The first-order chi connectivity index (χ1) is 16.6. The third kappa shape index (κ3) is 4.71. The van der Waals surface area contributed by atoms with E-state index in [2.05, 4.69) is 57.5 Å². The molecule has 0 fully saturated rings. The molecular formula is C27H26BrN3O2S2. The second kappa shape index (κ2) is 9.22. The summed E-state index contributed by atoms with van der Waals surface area (Å²) in [4.78, 5) is 32.9. The molecule has 3 aromatic rings. The molecule has 5 nitrogen and oxygen atoms in total. The van der Waals surface area contributed by atoms with Crippen LogP contribution in [0.5, 0.6) is 0 Å². The number of aromatic nitrogens is 1. The molecule has 0 saturated carbocycles. The van der Waals surface area contributed by atoms with E-state index in [9.17, 15) is 9.59 Å². The van der Waals surface area contributed by atoms with Gasteiger partial charge in [0.2, 0.25) is 0 Å². The van der Waals surface area contributed by atoms with Gasteiger partial charge in [-0.05, 0) is 60.9 Å². The standard InChI is InChI=1S/C27H26BrN3O2S2/c1-14-22(25(33)31-26-30-18-10-7-16(28)11-21(18)35-26)23(15-5-8-17(34-4)9-6-15)24-19(29-14)12-27(2,3)13-20(24)32/h5-11,23,29H,12-13H2,1-4H3,(H,30,31,33)/t23-/m1/s1. The van der Waals surface area contributed by atoms with Crippen LogP contribution in [0.4, 0.5) is 5.13 Å². The van der Waals surface area contributed by atoms with Crippen molar-refractivity contribution in [1.82, 2.24) is 10.3 Å². The van der Waals surface area contributed by atoms with Crippen molar-refractivity contribution in [3.8, 4) is 0 Å². The highest BCUT2D eigenvalue weighted by atomic mass is 79.9. The Morgan fingerprint density at radius 1 is 1.20 bits per heavy atom. The normalized spacial score (nSPS) is 19.6. The van der Waals surface area contributed by atoms with Gasteiger partial charge in [0.25, 0.3) is 5.91 Å². The van der Waals surface area contributed by atoms with Crippen molar-refractivity contribution in [2.24, 2.45) is 5.41 Å². The van der Waals surface area contributed by atoms with Crippen LogP contribution in [-0.4, -0.2) is 22.9 Å². The third-order valence-corrected chi connectivity index (χ3v) is 8.67. The van der Waals surface area contributed by atoms with Crippen molar-refractivity contribution in [2.45, 2.75) is 44.4 Å². The van der Waals surface area contributed by atoms with E-state index in [1.807, 2.05) is 43.5 Å². The van der Waals surface area contributed by atoms with Crippen LogP contribution in [0.3, 0.4) is 0 Å². The summed E-state index contributed by atoms with van der Waals surface area (Å²) >= 11 is 6.59. The minimum absolute atomic E-state index is 0.102. The highest BCUT2D eigenvalue weighted by Gasteiger charge is 2.42. The predicted octanol–water partition coefficient (Wildman–Crippen LogP) is 7.02. The van der Waals surface area contributed by atoms with Crippen LogP contribution < -0.4 is 10.6 Å². The quantitative estimate of drug-likeness (QED) is 0.331. The number of thiazole rings is 1. The summed E-state index contributed by atoms with van der Waals surface area (Å²) in [5.41, 5.74) is 4.64. The number of amides is 1. The van der Waals surface area contributed by atoms with E-state index in [0.717, 1.165) is 43.0 Å². The number of carbonyl (C=O) groups is 2. The second-order valence-corrected chi connectivity index (χ2v) is 12.6. The van der Waals surface area contributed by atoms with Crippen LogP contribution in [0.25, 0.3) is 10.2 Å². The van der Waals surface area contributed by atoms with Crippen LogP contribution in [0.2, 0.25) is 0 Å². The third-order valence-electron chi connectivity index (χ3n) is 6.50. The molecule has 1 aromatic heterocycles. The van der Waals surface area contributed by atoms with Crippen LogP contribution in [0, 0.1) is 5.41 Å². The second-order valence-electron chi connectivity index (χ2n) is 9.79. The number of nitrogens with one attached hydrogen (secondary N) is 2. The number of benzene rings is 2. The molecule has 5 rings (SSSR count). The predicted molar refractivity (Wildman–Crippen MR) is 148 cm³/mol. The first-order valence-electron chi connectivity index (χ1n) is 11.4. The lowest BCUT2D eigenvalue weighted by Crippen LogP contribution is -2.39. The number of fused-ring (bicyclic) bond motifs is 1. The average Bonchev–Trinajstić information content (AvgIpc) is 3.18. The lowest BCUT2D eigenvalue weighted by atomic mass is 9.68. The van der Waals surface area contributed by atoms with Gasteiger partial charge in [-0.2, -0.15) is 0 Å². The maximum Gasteiger partial charge on any atom is 0.256 e. The van der Waals surface area contributed by atoms with Gasteiger partial charge in [-0.15, -0.1) is 11.8 Å². The Balaban J connectivity index is 1.56. The van der Waals surface area contributed by atoms with Gasteiger partial charge in [-0.3, -0.25) is 14.9 Å². The van der Waals surface area contributed by atoms with Crippen LogP contribution in [-0.2, 0) is 9.59 Å². The SMILES string of the molecule is CSc1ccc([C@@H]2C(C(=O)Nc3nc4ccc(Br)cc4s3)=C(C)NC3=C2C(=O)CC(C)(C)C3)cc1. The zero-order chi connectivity index (χ0) is 24.9. The molecule has 2 aliphatic rings. The number of hydrogen-bond donors (Lipinski definition) is 2. The van der Waals surface area contributed by atoms with Crippen molar-refractivity contribution >= 4 is 66.1 Å². The van der Waals surface area contributed by atoms with Crippen LogP contribution in [0.15, 0.2) is 74.4 Å². The summed E-state index contributed by atoms with van der Waals surface area (Å²) in [7, 11) is 0. The fourth-order valence-electron chi connectivity index (χ4n) is 4.98. The fourth-order valence-corrected chi connectivity index (χ4v) is 6.80. The molecule has 0 saturated heterocycles. The molecule has 35 heavy (non-hydrogen) atoms. The van der Waals surface area contributed by atoms with Crippen molar-refractivity contribution in [3.63, 3.8) is 0 Å². The molecule has 2 N–H and O–H groups in total. The molecule has 1 atom stereocenters. The molecule has 0 unspecified atom stereocenters. The van der Waals surface area contributed by atoms with E-state index in [4.69, 9.17) is 0 Å². The zero-order valence-electron chi connectivity index (χ0n) is 20.0.